The van der Waals surface area contributed by atoms with Gasteiger partial charge in [0.05, 0.1) is 11.6 Å². The normalized spacial score (nSPS) is 14.9. The van der Waals surface area contributed by atoms with Crippen molar-refractivity contribution in [1.82, 2.24) is 16.0 Å². The van der Waals surface area contributed by atoms with Gasteiger partial charge in [0.25, 0.3) is 0 Å². The van der Waals surface area contributed by atoms with Crippen molar-refractivity contribution < 1.29 is 14.3 Å². The molecule has 0 bridgehead atoms. The first-order valence-electron chi connectivity index (χ1n) is 7.93. The van der Waals surface area contributed by atoms with E-state index in [0.717, 1.165) is 30.4 Å². The van der Waals surface area contributed by atoms with E-state index in [4.69, 9.17) is 16.3 Å². The van der Waals surface area contributed by atoms with Crippen LogP contribution in [0.2, 0.25) is 5.02 Å². The van der Waals surface area contributed by atoms with Crippen LogP contribution in [0.3, 0.4) is 0 Å². The van der Waals surface area contributed by atoms with Gasteiger partial charge in [0, 0.05) is 16.9 Å². The number of imide groups is 1. The molecule has 1 aliphatic rings. The summed E-state index contributed by atoms with van der Waals surface area (Å²) in [4.78, 5) is 23.6. The van der Waals surface area contributed by atoms with Crippen LogP contribution in [0, 0.1) is 5.92 Å². The number of piperidine rings is 1. The van der Waals surface area contributed by atoms with Crippen molar-refractivity contribution in [3.63, 3.8) is 0 Å². The molecule has 0 radical (unpaired) electrons. The quantitative estimate of drug-likeness (QED) is 0.621. The summed E-state index contributed by atoms with van der Waals surface area (Å²) in [6, 6.07) is 4.93. The van der Waals surface area contributed by atoms with E-state index < -0.39 is 6.03 Å². The van der Waals surface area contributed by atoms with Crippen molar-refractivity contribution in [3.05, 3.63) is 27.7 Å². The molecule has 6 nitrogen and oxygen atoms in total. The lowest BCUT2D eigenvalue weighted by molar-refractivity contribution is -0.124. The van der Waals surface area contributed by atoms with Crippen LogP contribution in [-0.2, 0) is 4.79 Å². The van der Waals surface area contributed by atoms with Crippen LogP contribution in [0.1, 0.15) is 19.3 Å². The maximum absolute atomic E-state index is 11.9. The zero-order valence-corrected chi connectivity index (χ0v) is 15.6. The Labute approximate surface area is 154 Å². The zero-order chi connectivity index (χ0) is 17.4. The minimum absolute atomic E-state index is 0.0834. The number of hydrogen-bond donors (Lipinski definition) is 3. The van der Waals surface area contributed by atoms with Crippen LogP contribution in [0.15, 0.2) is 22.7 Å². The lowest BCUT2D eigenvalue weighted by atomic mass is 9.97. The summed E-state index contributed by atoms with van der Waals surface area (Å²) >= 11 is 9.38. The Balaban J connectivity index is 1.59. The first-order chi connectivity index (χ1) is 11.6. The molecule has 0 saturated carbocycles. The Morgan fingerprint density at radius 2 is 2.08 bits per heavy atom. The average molecular weight is 419 g/mol. The number of urea groups is 1. The predicted molar refractivity (Wildman–Crippen MR) is 96.4 cm³/mol. The van der Waals surface area contributed by atoms with Crippen molar-refractivity contribution in [1.29, 1.82) is 0 Å². The summed E-state index contributed by atoms with van der Waals surface area (Å²) in [5.41, 5.74) is 0. The lowest BCUT2D eigenvalue weighted by Crippen LogP contribution is -2.45. The number of carbonyl (C=O) groups is 2. The standard InChI is InChI=1S/C16H21BrClN3O3/c17-12-2-3-14(13(18)10-12)24-9-1-6-20-16(23)21-15(22)11-4-7-19-8-5-11/h2-3,10-11,19H,1,4-9H2,(H2,20,21,22,23). The average Bonchev–Trinajstić information content (AvgIpc) is 2.57. The van der Waals surface area contributed by atoms with Crippen LogP contribution in [-0.4, -0.2) is 38.2 Å². The monoisotopic (exact) mass is 417 g/mol. The summed E-state index contributed by atoms with van der Waals surface area (Å²) in [6.07, 6.45) is 2.14. The van der Waals surface area contributed by atoms with E-state index in [-0.39, 0.29) is 11.8 Å². The second-order valence-electron chi connectivity index (χ2n) is 5.55. The van der Waals surface area contributed by atoms with E-state index in [1.165, 1.54) is 0 Å². The number of carbonyl (C=O) groups excluding carboxylic acids is 2. The molecular weight excluding hydrogens is 398 g/mol. The number of halogens is 2. The number of hydrogen-bond acceptors (Lipinski definition) is 4. The van der Waals surface area contributed by atoms with Gasteiger partial charge in [-0.1, -0.05) is 27.5 Å². The van der Waals surface area contributed by atoms with Crippen LogP contribution in [0.4, 0.5) is 4.79 Å². The SMILES string of the molecule is O=C(NCCCOc1ccc(Br)cc1Cl)NC(=O)C1CCNCC1. The van der Waals surface area contributed by atoms with Gasteiger partial charge in [0.1, 0.15) is 5.75 Å². The van der Waals surface area contributed by atoms with Gasteiger partial charge in [-0.15, -0.1) is 0 Å². The Hall–Kier alpha value is -1.31. The van der Waals surface area contributed by atoms with E-state index in [1.54, 1.807) is 12.1 Å². The molecule has 0 aromatic heterocycles. The molecule has 0 unspecified atom stereocenters. The van der Waals surface area contributed by atoms with Crippen molar-refractivity contribution >= 4 is 39.5 Å². The smallest absolute Gasteiger partial charge is 0.321 e. The number of nitrogens with one attached hydrogen (secondary N) is 3. The minimum Gasteiger partial charge on any atom is -0.492 e. The molecule has 0 aliphatic carbocycles. The molecule has 24 heavy (non-hydrogen) atoms. The molecule has 0 spiro atoms. The molecule has 3 amide bonds. The fourth-order valence-corrected chi connectivity index (χ4v) is 3.12. The molecule has 3 N–H and O–H groups in total. The highest BCUT2D eigenvalue weighted by Crippen LogP contribution is 2.27. The van der Waals surface area contributed by atoms with Gasteiger partial charge >= 0.3 is 6.03 Å². The van der Waals surface area contributed by atoms with Gasteiger partial charge in [-0.2, -0.15) is 0 Å². The van der Waals surface area contributed by atoms with Crippen LogP contribution in [0.5, 0.6) is 5.75 Å². The minimum atomic E-state index is -0.458. The van der Waals surface area contributed by atoms with Crippen molar-refractivity contribution in [2.75, 3.05) is 26.2 Å². The summed E-state index contributed by atoms with van der Waals surface area (Å²) in [7, 11) is 0. The van der Waals surface area contributed by atoms with Gasteiger partial charge in [0.2, 0.25) is 5.91 Å². The van der Waals surface area contributed by atoms with Crippen molar-refractivity contribution in [3.8, 4) is 5.75 Å². The lowest BCUT2D eigenvalue weighted by Gasteiger charge is -2.21. The zero-order valence-electron chi connectivity index (χ0n) is 13.2. The Morgan fingerprint density at radius 1 is 1.33 bits per heavy atom. The van der Waals surface area contributed by atoms with E-state index in [9.17, 15) is 9.59 Å². The van der Waals surface area contributed by atoms with Gasteiger partial charge in [-0.05, 0) is 50.6 Å². The summed E-state index contributed by atoms with van der Waals surface area (Å²) in [6.45, 7) is 2.47. The van der Waals surface area contributed by atoms with Gasteiger partial charge in [-0.3, -0.25) is 10.1 Å². The molecule has 1 aliphatic heterocycles. The number of amides is 3. The Bertz CT molecular complexity index is 580. The first kappa shape index (κ1) is 19.0. The molecule has 1 heterocycles. The van der Waals surface area contributed by atoms with E-state index in [2.05, 4.69) is 31.9 Å². The van der Waals surface area contributed by atoms with Gasteiger partial charge in [-0.25, -0.2) is 4.79 Å². The number of rotatable bonds is 6. The van der Waals surface area contributed by atoms with Crippen LogP contribution < -0.4 is 20.7 Å². The largest absolute Gasteiger partial charge is 0.492 e. The molecule has 1 saturated heterocycles. The fraction of sp³-hybridized carbons (Fsp3) is 0.500. The van der Waals surface area contributed by atoms with E-state index in [1.807, 2.05) is 6.07 Å². The second-order valence-corrected chi connectivity index (χ2v) is 6.87. The third-order valence-corrected chi connectivity index (χ3v) is 4.49. The van der Waals surface area contributed by atoms with Crippen LogP contribution >= 0.6 is 27.5 Å². The summed E-state index contributed by atoms with van der Waals surface area (Å²) < 4.78 is 6.44. The molecule has 1 aromatic rings. The molecule has 8 heteroatoms. The number of benzene rings is 1. The number of ether oxygens (including phenoxy) is 1. The highest BCUT2D eigenvalue weighted by atomic mass is 79.9. The molecule has 0 atom stereocenters. The van der Waals surface area contributed by atoms with Crippen LogP contribution in [0.25, 0.3) is 0 Å². The molecule has 1 aromatic carbocycles. The van der Waals surface area contributed by atoms with Gasteiger partial charge in [0.15, 0.2) is 0 Å². The molecule has 132 valence electrons. The third kappa shape index (κ3) is 6.30. The first-order valence-corrected chi connectivity index (χ1v) is 9.10. The van der Waals surface area contributed by atoms with Crippen molar-refractivity contribution in [2.45, 2.75) is 19.3 Å². The van der Waals surface area contributed by atoms with E-state index >= 15 is 0 Å². The molecule has 2 rings (SSSR count). The Kier molecular flexibility index (Phi) is 7.81. The van der Waals surface area contributed by atoms with Crippen molar-refractivity contribution in [2.24, 2.45) is 5.92 Å². The second kappa shape index (κ2) is 9.86. The maximum atomic E-state index is 11.9. The summed E-state index contributed by atoms with van der Waals surface area (Å²) in [5.74, 6) is 0.317. The summed E-state index contributed by atoms with van der Waals surface area (Å²) in [5, 5.41) is 8.76. The van der Waals surface area contributed by atoms with Gasteiger partial charge < -0.3 is 15.4 Å². The highest BCUT2D eigenvalue weighted by molar-refractivity contribution is 9.10. The fourth-order valence-electron chi connectivity index (χ4n) is 2.39. The highest BCUT2D eigenvalue weighted by Gasteiger charge is 2.22. The molecule has 1 fully saturated rings. The third-order valence-electron chi connectivity index (χ3n) is 3.70. The Morgan fingerprint density at radius 3 is 2.79 bits per heavy atom. The predicted octanol–water partition coefficient (Wildman–Crippen LogP) is 2.70. The van der Waals surface area contributed by atoms with E-state index in [0.29, 0.717) is 30.3 Å². The maximum Gasteiger partial charge on any atom is 0.321 e. The molecular formula is C16H21BrClN3O3. The topological polar surface area (TPSA) is 79.5 Å².